The predicted octanol–water partition coefficient (Wildman–Crippen LogP) is 2.15. The van der Waals surface area contributed by atoms with Crippen molar-refractivity contribution in [1.29, 1.82) is 0 Å². The summed E-state index contributed by atoms with van der Waals surface area (Å²) in [4.78, 5) is 18.6. The summed E-state index contributed by atoms with van der Waals surface area (Å²) in [6.07, 6.45) is 1.01. The molecule has 3 rings (SSSR count). The Kier molecular flexibility index (Phi) is 4.37. The Labute approximate surface area is 143 Å². The molecule has 5 N–H and O–H groups in total. The number of aliphatic hydroxyl groups is 1. The van der Waals surface area contributed by atoms with Gasteiger partial charge in [0.2, 0.25) is 0 Å². The normalized spacial score (nSPS) is 12.2. The number of carbonyl (C=O) groups excluding carboxylic acids is 1. The number of hydrogen-bond donors (Lipinski definition) is 3. The van der Waals surface area contributed by atoms with Crippen LogP contribution in [0, 0.1) is 0 Å². The van der Waals surface area contributed by atoms with E-state index in [0.29, 0.717) is 27.3 Å². The zero-order valence-electron chi connectivity index (χ0n) is 13.1. The van der Waals surface area contributed by atoms with E-state index in [1.165, 1.54) is 11.3 Å². The molecule has 0 spiro atoms. The molecule has 0 fully saturated rings. The molecule has 0 aliphatic rings. The Morgan fingerprint density at radius 3 is 2.71 bits per heavy atom. The number of likely N-dealkylation sites (N-methyl/N-ethyl adjacent to an activating group) is 1. The second-order valence-electron chi connectivity index (χ2n) is 5.53. The van der Waals surface area contributed by atoms with Crippen molar-refractivity contribution in [3.05, 3.63) is 53.0 Å². The molecule has 1 atom stereocenters. The molecule has 0 radical (unpaired) electrons. The van der Waals surface area contributed by atoms with E-state index in [9.17, 15) is 9.90 Å². The fourth-order valence-corrected chi connectivity index (χ4v) is 3.60. The Hall–Kier alpha value is -2.64. The van der Waals surface area contributed by atoms with Crippen LogP contribution in [0.1, 0.15) is 21.3 Å². The van der Waals surface area contributed by atoms with Crippen molar-refractivity contribution in [2.24, 2.45) is 5.73 Å². The Morgan fingerprint density at radius 2 is 2.04 bits per heavy atom. The minimum Gasteiger partial charge on any atom is -0.397 e. The average Bonchev–Trinajstić information content (AvgIpc) is 2.93. The van der Waals surface area contributed by atoms with Crippen molar-refractivity contribution >= 4 is 38.8 Å². The molecular weight excluding hydrogens is 324 g/mol. The lowest BCUT2D eigenvalue weighted by atomic mass is 10.1. The summed E-state index contributed by atoms with van der Waals surface area (Å²) in [6, 6.07) is 11.3. The number of anilines is 2. The number of nitrogens with zero attached hydrogens (tertiary/aromatic N) is 2. The van der Waals surface area contributed by atoms with Gasteiger partial charge in [0.1, 0.15) is 9.71 Å². The molecule has 124 valence electrons. The molecule has 24 heavy (non-hydrogen) atoms. The standard InChI is InChI=1S/C17H18N4O2S/c1-21(9-12(22)10-5-3-2-4-6-10)11-7-8-20-17-13(11)14(18)15(24-17)16(19)23/h2-8,12,22H,9,18H2,1H3,(H2,19,23). The van der Waals surface area contributed by atoms with Crippen molar-refractivity contribution in [1.82, 2.24) is 4.98 Å². The van der Waals surface area contributed by atoms with E-state index in [1.54, 1.807) is 6.20 Å². The van der Waals surface area contributed by atoms with Gasteiger partial charge in [0.05, 0.1) is 22.9 Å². The van der Waals surface area contributed by atoms with Gasteiger partial charge in [0.25, 0.3) is 5.91 Å². The number of thiophene rings is 1. The Bertz CT molecular complexity index is 879. The molecular formula is C17H18N4O2S. The van der Waals surface area contributed by atoms with Gasteiger partial charge in [-0.1, -0.05) is 30.3 Å². The van der Waals surface area contributed by atoms with Crippen LogP contribution in [0.15, 0.2) is 42.6 Å². The number of primary amides is 1. The lowest BCUT2D eigenvalue weighted by molar-refractivity contribution is 0.100. The first-order valence-corrected chi connectivity index (χ1v) is 8.21. The summed E-state index contributed by atoms with van der Waals surface area (Å²) >= 11 is 1.18. The number of benzene rings is 1. The number of hydrogen-bond acceptors (Lipinski definition) is 6. The summed E-state index contributed by atoms with van der Waals surface area (Å²) in [5, 5.41) is 11.1. The molecule has 6 nitrogen and oxygen atoms in total. The summed E-state index contributed by atoms with van der Waals surface area (Å²) in [7, 11) is 1.86. The van der Waals surface area contributed by atoms with Crippen molar-refractivity contribution in [3.63, 3.8) is 0 Å². The number of nitrogen functional groups attached to an aromatic ring is 1. The molecule has 7 heteroatoms. The molecule has 1 aromatic carbocycles. The van der Waals surface area contributed by atoms with Crippen molar-refractivity contribution < 1.29 is 9.90 Å². The van der Waals surface area contributed by atoms with Crippen LogP contribution in [0.4, 0.5) is 11.4 Å². The molecule has 0 aliphatic carbocycles. The third-order valence-corrected chi connectivity index (χ3v) is 5.00. The van der Waals surface area contributed by atoms with E-state index in [1.807, 2.05) is 48.3 Å². The number of fused-ring (bicyclic) bond motifs is 1. The van der Waals surface area contributed by atoms with Crippen LogP contribution >= 0.6 is 11.3 Å². The van der Waals surface area contributed by atoms with Crippen molar-refractivity contribution in [3.8, 4) is 0 Å². The molecule has 3 aromatic rings. The summed E-state index contributed by atoms with van der Waals surface area (Å²) in [5.41, 5.74) is 13.5. The number of aromatic nitrogens is 1. The van der Waals surface area contributed by atoms with E-state index in [-0.39, 0.29) is 0 Å². The maximum absolute atomic E-state index is 11.5. The summed E-state index contributed by atoms with van der Waals surface area (Å²) < 4.78 is 0. The first-order valence-electron chi connectivity index (χ1n) is 7.40. The largest absolute Gasteiger partial charge is 0.397 e. The quantitative estimate of drug-likeness (QED) is 0.659. The van der Waals surface area contributed by atoms with Crippen molar-refractivity contribution in [2.45, 2.75) is 6.10 Å². The molecule has 1 unspecified atom stereocenters. The van der Waals surface area contributed by atoms with E-state index in [2.05, 4.69) is 4.98 Å². The van der Waals surface area contributed by atoms with E-state index in [4.69, 9.17) is 11.5 Å². The van der Waals surface area contributed by atoms with E-state index >= 15 is 0 Å². The van der Waals surface area contributed by atoms with Gasteiger partial charge in [0.15, 0.2) is 0 Å². The van der Waals surface area contributed by atoms with Gasteiger partial charge in [-0.15, -0.1) is 11.3 Å². The third-order valence-electron chi connectivity index (χ3n) is 3.87. The van der Waals surface area contributed by atoms with Crippen LogP contribution in [0.5, 0.6) is 0 Å². The van der Waals surface area contributed by atoms with Crippen LogP contribution < -0.4 is 16.4 Å². The van der Waals surface area contributed by atoms with E-state index < -0.39 is 12.0 Å². The number of nitrogens with two attached hydrogens (primary N) is 2. The number of carbonyl (C=O) groups is 1. The molecule has 0 bridgehead atoms. The minimum atomic E-state index is -0.644. The smallest absolute Gasteiger partial charge is 0.260 e. The molecule has 0 aliphatic heterocycles. The highest BCUT2D eigenvalue weighted by Crippen LogP contribution is 2.38. The monoisotopic (exact) mass is 342 g/mol. The molecule has 0 saturated heterocycles. The summed E-state index contributed by atoms with van der Waals surface area (Å²) in [5.74, 6) is -0.562. The fourth-order valence-electron chi connectivity index (χ4n) is 2.67. The first-order chi connectivity index (χ1) is 11.5. The zero-order valence-corrected chi connectivity index (χ0v) is 14.0. The van der Waals surface area contributed by atoms with Crippen LogP contribution in [0.2, 0.25) is 0 Å². The number of amides is 1. The second-order valence-corrected chi connectivity index (χ2v) is 6.53. The fraction of sp³-hybridized carbons (Fsp3) is 0.176. The molecule has 1 amide bonds. The SMILES string of the molecule is CN(CC(O)c1ccccc1)c1ccnc2sc(C(N)=O)c(N)c12. The maximum Gasteiger partial charge on any atom is 0.260 e. The topological polar surface area (TPSA) is 105 Å². The Morgan fingerprint density at radius 1 is 1.33 bits per heavy atom. The summed E-state index contributed by atoms with van der Waals surface area (Å²) in [6.45, 7) is 0.379. The minimum absolute atomic E-state index is 0.307. The third kappa shape index (κ3) is 2.91. The van der Waals surface area contributed by atoms with Gasteiger partial charge in [-0.05, 0) is 11.6 Å². The lowest BCUT2D eigenvalue weighted by Crippen LogP contribution is -2.24. The van der Waals surface area contributed by atoms with E-state index in [0.717, 1.165) is 11.3 Å². The number of aliphatic hydroxyl groups excluding tert-OH is 1. The molecule has 2 heterocycles. The highest BCUT2D eigenvalue weighted by Gasteiger charge is 2.20. The van der Waals surface area contributed by atoms with Gasteiger partial charge in [-0.2, -0.15) is 0 Å². The molecule has 0 saturated carbocycles. The Balaban J connectivity index is 1.95. The van der Waals surface area contributed by atoms with Crippen LogP contribution in [0.3, 0.4) is 0 Å². The van der Waals surface area contributed by atoms with Crippen LogP contribution in [0.25, 0.3) is 10.2 Å². The van der Waals surface area contributed by atoms with Gasteiger partial charge in [-0.3, -0.25) is 4.79 Å². The number of rotatable bonds is 5. The average molecular weight is 342 g/mol. The van der Waals surface area contributed by atoms with Gasteiger partial charge in [-0.25, -0.2) is 4.98 Å². The van der Waals surface area contributed by atoms with Crippen LogP contribution in [-0.4, -0.2) is 29.6 Å². The maximum atomic E-state index is 11.5. The molecule has 2 aromatic heterocycles. The predicted molar refractivity (Wildman–Crippen MR) is 97.2 cm³/mol. The number of pyridine rings is 1. The highest BCUT2D eigenvalue weighted by molar-refractivity contribution is 7.21. The first kappa shape index (κ1) is 16.2. The van der Waals surface area contributed by atoms with Crippen molar-refractivity contribution in [2.75, 3.05) is 24.2 Å². The zero-order chi connectivity index (χ0) is 17.3. The van der Waals surface area contributed by atoms with Gasteiger partial charge < -0.3 is 21.5 Å². The van der Waals surface area contributed by atoms with Crippen LogP contribution in [-0.2, 0) is 0 Å². The lowest BCUT2D eigenvalue weighted by Gasteiger charge is -2.23. The van der Waals surface area contributed by atoms with Gasteiger partial charge in [0, 0.05) is 19.8 Å². The second kappa shape index (κ2) is 6.46. The highest BCUT2D eigenvalue weighted by atomic mass is 32.1. The van der Waals surface area contributed by atoms with Gasteiger partial charge >= 0.3 is 0 Å².